The number of benzene rings is 1. The van der Waals surface area contributed by atoms with Crippen LogP contribution in [0.5, 0.6) is 0 Å². The molecule has 0 atom stereocenters. The number of nitrogens with one attached hydrogen (secondary N) is 1. The van der Waals surface area contributed by atoms with Crippen LogP contribution < -0.4 is 5.32 Å². The fraction of sp³-hybridized carbons (Fsp3) is 0.375. The highest BCUT2D eigenvalue weighted by Gasteiger charge is 2.03. The van der Waals surface area contributed by atoms with Crippen molar-refractivity contribution in [3.63, 3.8) is 0 Å². The number of hydrogen-bond acceptors (Lipinski definition) is 4. The highest BCUT2D eigenvalue weighted by molar-refractivity contribution is 5.28. The molecule has 2 aromatic rings. The summed E-state index contributed by atoms with van der Waals surface area (Å²) in [4.78, 5) is 8.95. The summed E-state index contributed by atoms with van der Waals surface area (Å²) in [6.45, 7) is 4.40. The molecular weight excluding hydrogens is 250 g/mol. The van der Waals surface area contributed by atoms with Gasteiger partial charge in [-0.3, -0.25) is 0 Å². The summed E-state index contributed by atoms with van der Waals surface area (Å²) in [6, 6.07) is 10.3. The highest BCUT2D eigenvalue weighted by Crippen LogP contribution is 2.11. The summed E-state index contributed by atoms with van der Waals surface area (Å²) in [5.41, 5.74) is 3.57. The van der Waals surface area contributed by atoms with Crippen LogP contribution in [0.25, 0.3) is 0 Å². The van der Waals surface area contributed by atoms with Crippen molar-refractivity contribution in [2.75, 3.05) is 20.3 Å². The molecule has 0 unspecified atom stereocenters. The number of aromatic nitrogens is 2. The van der Waals surface area contributed by atoms with Crippen molar-refractivity contribution >= 4 is 0 Å². The number of aryl methyl sites for hydroxylation is 1. The first-order valence-electron chi connectivity index (χ1n) is 6.84. The van der Waals surface area contributed by atoms with Crippen molar-refractivity contribution in [1.82, 2.24) is 15.3 Å². The lowest BCUT2D eigenvalue weighted by Gasteiger charge is -2.07. The van der Waals surface area contributed by atoms with Gasteiger partial charge in [-0.15, -0.1) is 0 Å². The second-order valence-corrected chi connectivity index (χ2v) is 4.74. The van der Waals surface area contributed by atoms with E-state index in [1.165, 1.54) is 11.1 Å². The molecule has 0 bridgehead atoms. The highest BCUT2D eigenvalue weighted by atomic mass is 16.5. The van der Waals surface area contributed by atoms with Gasteiger partial charge in [0.2, 0.25) is 0 Å². The normalized spacial score (nSPS) is 10.7. The Hall–Kier alpha value is -1.78. The lowest BCUT2D eigenvalue weighted by molar-refractivity contribution is 0.199. The fourth-order valence-corrected chi connectivity index (χ4v) is 1.99. The zero-order chi connectivity index (χ0) is 14.2. The fourth-order valence-electron chi connectivity index (χ4n) is 1.99. The minimum absolute atomic E-state index is 0.709. The summed E-state index contributed by atoms with van der Waals surface area (Å²) >= 11 is 0. The molecule has 0 amide bonds. The Morgan fingerprint density at radius 1 is 1.20 bits per heavy atom. The number of nitrogens with zero attached hydrogens (tertiary/aromatic N) is 2. The Kier molecular flexibility index (Phi) is 5.65. The molecule has 1 aromatic carbocycles. The van der Waals surface area contributed by atoms with Gasteiger partial charge in [-0.25, -0.2) is 9.97 Å². The summed E-state index contributed by atoms with van der Waals surface area (Å²) in [7, 11) is 1.70. The molecule has 0 radical (unpaired) electrons. The largest absolute Gasteiger partial charge is 0.383 e. The van der Waals surface area contributed by atoms with E-state index in [1.54, 1.807) is 7.11 Å². The SMILES string of the molecule is COCCNCc1ccnc(Cc2ccccc2C)n1. The summed E-state index contributed by atoms with van der Waals surface area (Å²) in [6.07, 6.45) is 2.60. The van der Waals surface area contributed by atoms with Crippen molar-refractivity contribution in [2.24, 2.45) is 0 Å². The standard InChI is InChI=1S/C16H21N3O/c1-13-5-3-4-6-14(13)11-16-18-8-7-15(19-16)12-17-9-10-20-2/h3-8,17H,9-12H2,1-2H3. The van der Waals surface area contributed by atoms with Gasteiger partial charge in [-0.05, 0) is 24.1 Å². The minimum atomic E-state index is 0.709. The lowest BCUT2D eigenvalue weighted by Crippen LogP contribution is -2.19. The molecule has 1 N–H and O–H groups in total. The van der Waals surface area contributed by atoms with Gasteiger partial charge in [0.1, 0.15) is 5.82 Å². The summed E-state index contributed by atoms with van der Waals surface area (Å²) in [5.74, 6) is 0.866. The Morgan fingerprint density at radius 3 is 2.85 bits per heavy atom. The van der Waals surface area contributed by atoms with Crippen LogP contribution in [-0.2, 0) is 17.7 Å². The number of hydrogen-bond donors (Lipinski definition) is 1. The van der Waals surface area contributed by atoms with Crippen molar-refractivity contribution in [1.29, 1.82) is 0 Å². The van der Waals surface area contributed by atoms with Crippen LogP contribution >= 0.6 is 0 Å². The number of ether oxygens (including phenoxy) is 1. The lowest BCUT2D eigenvalue weighted by atomic mass is 10.1. The minimum Gasteiger partial charge on any atom is -0.383 e. The molecule has 0 spiro atoms. The van der Waals surface area contributed by atoms with E-state index in [0.29, 0.717) is 6.61 Å². The van der Waals surface area contributed by atoms with E-state index in [9.17, 15) is 0 Å². The van der Waals surface area contributed by atoms with E-state index in [4.69, 9.17) is 4.74 Å². The maximum atomic E-state index is 5.00. The smallest absolute Gasteiger partial charge is 0.132 e. The summed E-state index contributed by atoms with van der Waals surface area (Å²) in [5, 5.41) is 3.29. The zero-order valence-electron chi connectivity index (χ0n) is 12.1. The molecule has 0 saturated carbocycles. The van der Waals surface area contributed by atoms with E-state index in [2.05, 4.69) is 46.5 Å². The van der Waals surface area contributed by atoms with Crippen LogP contribution in [0.4, 0.5) is 0 Å². The Balaban J connectivity index is 1.97. The van der Waals surface area contributed by atoms with Crippen LogP contribution in [0.2, 0.25) is 0 Å². The third kappa shape index (κ3) is 4.40. The van der Waals surface area contributed by atoms with E-state index < -0.39 is 0 Å². The molecular formula is C16H21N3O. The third-order valence-electron chi connectivity index (χ3n) is 3.16. The maximum Gasteiger partial charge on any atom is 0.132 e. The molecule has 106 valence electrons. The molecule has 2 rings (SSSR count). The van der Waals surface area contributed by atoms with Crippen molar-refractivity contribution in [3.8, 4) is 0 Å². The average Bonchev–Trinajstić information content (AvgIpc) is 2.47. The van der Waals surface area contributed by atoms with Crippen LogP contribution in [0, 0.1) is 6.92 Å². The molecule has 1 heterocycles. The molecule has 4 heteroatoms. The Labute approximate surface area is 120 Å². The Bertz CT molecular complexity index is 543. The predicted molar refractivity (Wildman–Crippen MR) is 79.6 cm³/mol. The Morgan fingerprint density at radius 2 is 2.05 bits per heavy atom. The maximum absolute atomic E-state index is 5.00. The van der Waals surface area contributed by atoms with Crippen LogP contribution in [-0.4, -0.2) is 30.2 Å². The van der Waals surface area contributed by atoms with Gasteiger partial charge >= 0.3 is 0 Å². The van der Waals surface area contributed by atoms with Gasteiger partial charge in [0.25, 0.3) is 0 Å². The van der Waals surface area contributed by atoms with Gasteiger partial charge < -0.3 is 10.1 Å². The van der Waals surface area contributed by atoms with E-state index >= 15 is 0 Å². The molecule has 1 aromatic heterocycles. The van der Waals surface area contributed by atoms with Crippen molar-refractivity contribution < 1.29 is 4.74 Å². The molecule has 20 heavy (non-hydrogen) atoms. The van der Waals surface area contributed by atoms with Gasteiger partial charge in [0.05, 0.1) is 12.3 Å². The second-order valence-electron chi connectivity index (χ2n) is 4.74. The monoisotopic (exact) mass is 271 g/mol. The van der Waals surface area contributed by atoms with E-state index in [0.717, 1.165) is 31.0 Å². The number of rotatable bonds is 7. The molecule has 0 aliphatic heterocycles. The first-order chi connectivity index (χ1) is 9.79. The molecule has 0 aliphatic rings. The number of methoxy groups -OCH3 is 1. The van der Waals surface area contributed by atoms with Crippen molar-refractivity contribution in [2.45, 2.75) is 19.9 Å². The van der Waals surface area contributed by atoms with Gasteiger partial charge in [-0.2, -0.15) is 0 Å². The molecule has 4 nitrogen and oxygen atoms in total. The quantitative estimate of drug-likeness (QED) is 0.784. The van der Waals surface area contributed by atoms with Crippen LogP contribution in [0.15, 0.2) is 36.5 Å². The summed E-state index contributed by atoms with van der Waals surface area (Å²) < 4.78 is 5.00. The van der Waals surface area contributed by atoms with Crippen molar-refractivity contribution in [3.05, 3.63) is 59.2 Å². The van der Waals surface area contributed by atoms with Crippen LogP contribution in [0.1, 0.15) is 22.6 Å². The molecule has 0 aliphatic carbocycles. The van der Waals surface area contributed by atoms with Gasteiger partial charge in [-0.1, -0.05) is 24.3 Å². The van der Waals surface area contributed by atoms with Crippen LogP contribution in [0.3, 0.4) is 0 Å². The van der Waals surface area contributed by atoms with Gasteiger partial charge in [0.15, 0.2) is 0 Å². The van der Waals surface area contributed by atoms with Gasteiger partial charge in [0, 0.05) is 32.8 Å². The first kappa shape index (κ1) is 14.6. The molecule has 0 saturated heterocycles. The predicted octanol–water partition coefficient (Wildman–Crippen LogP) is 2.11. The van der Waals surface area contributed by atoms with E-state index in [-0.39, 0.29) is 0 Å². The topological polar surface area (TPSA) is 47.0 Å². The first-order valence-corrected chi connectivity index (χ1v) is 6.84. The average molecular weight is 271 g/mol. The molecule has 0 fully saturated rings. The third-order valence-corrected chi connectivity index (χ3v) is 3.16. The van der Waals surface area contributed by atoms with E-state index in [1.807, 2.05) is 12.3 Å². The zero-order valence-corrected chi connectivity index (χ0v) is 12.1. The second kappa shape index (κ2) is 7.72.